The first-order chi connectivity index (χ1) is 7.65. The lowest BCUT2D eigenvalue weighted by molar-refractivity contribution is 1.21. The molecule has 0 fully saturated rings. The van der Waals surface area contributed by atoms with Crippen molar-refractivity contribution in [2.24, 2.45) is 0 Å². The van der Waals surface area contributed by atoms with Crippen LogP contribution in [0.4, 0.5) is 17.3 Å². The smallest absolute Gasteiger partial charge is 0.149 e. The van der Waals surface area contributed by atoms with Crippen LogP contribution in [0.1, 0.15) is 0 Å². The number of benzene rings is 1. The van der Waals surface area contributed by atoms with Gasteiger partial charge < -0.3 is 11.1 Å². The maximum Gasteiger partial charge on any atom is 0.149 e. The van der Waals surface area contributed by atoms with Gasteiger partial charge in [0.1, 0.15) is 11.6 Å². The molecule has 0 amide bonds. The molecule has 0 aliphatic carbocycles. The van der Waals surface area contributed by atoms with Crippen molar-refractivity contribution in [3.63, 3.8) is 0 Å². The zero-order valence-electron chi connectivity index (χ0n) is 8.11. The fourth-order valence-corrected chi connectivity index (χ4v) is 2.53. The van der Waals surface area contributed by atoms with Gasteiger partial charge in [-0.2, -0.15) is 0 Å². The Hall–Kier alpha value is -0.890. The zero-order chi connectivity index (χ0) is 11.5. The lowest BCUT2D eigenvalue weighted by atomic mass is 10.3. The Morgan fingerprint density at radius 2 is 2.06 bits per heavy atom. The number of nitrogens with one attached hydrogen (secondary N) is 1. The minimum atomic E-state index is 0.409. The van der Waals surface area contributed by atoms with Crippen LogP contribution in [0.15, 0.2) is 35.1 Å². The molecule has 1 aromatic heterocycles. The van der Waals surface area contributed by atoms with E-state index in [1.165, 1.54) is 9.77 Å². The SMILES string of the molecule is Nc1cnc(Nc2ccc(I)cc2Br)cn1. The Balaban J connectivity index is 2.23. The molecule has 1 aromatic carbocycles. The average molecular weight is 391 g/mol. The third-order valence-corrected chi connectivity index (χ3v) is 3.19. The van der Waals surface area contributed by atoms with Crippen LogP contribution in [0, 0.1) is 3.57 Å². The molecule has 0 unspecified atom stereocenters. The number of hydrogen-bond acceptors (Lipinski definition) is 4. The summed E-state index contributed by atoms with van der Waals surface area (Å²) >= 11 is 5.73. The normalized spacial score (nSPS) is 10.1. The fraction of sp³-hybridized carbons (Fsp3) is 0. The highest BCUT2D eigenvalue weighted by molar-refractivity contribution is 14.1. The number of anilines is 3. The largest absolute Gasteiger partial charge is 0.382 e. The minimum absolute atomic E-state index is 0.409. The summed E-state index contributed by atoms with van der Waals surface area (Å²) in [6.45, 7) is 0. The first-order valence-electron chi connectivity index (χ1n) is 4.45. The highest BCUT2D eigenvalue weighted by Gasteiger charge is 2.01. The van der Waals surface area contributed by atoms with Crippen LogP contribution in [0.3, 0.4) is 0 Å². The molecule has 0 saturated carbocycles. The van der Waals surface area contributed by atoms with E-state index in [2.05, 4.69) is 53.8 Å². The Labute approximate surface area is 115 Å². The molecule has 4 nitrogen and oxygen atoms in total. The summed E-state index contributed by atoms with van der Waals surface area (Å²) in [5.41, 5.74) is 6.40. The van der Waals surface area contributed by atoms with Crippen molar-refractivity contribution < 1.29 is 0 Å². The van der Waals surface area contributed by atoms with Crippen molar-refractivity contribution in [3.8, 4) is 0 Å². The van der Waals surface area contributed by atoms with Crippen LogP contribution in [-0.4, -0.2) is 9.97 Å². The highest BCUT2D eigenvalue weighted by atomic mass is 127. The van der Waals surface area contributed by atoms with Crippen LogP contribution >= 0.6 is 38.5 Å². The van der Waals surface area contributed by atoms with Crippen molar-refractivity contribution in [1.82, 2.24) is 9.97 Å². The maximum atomic E-state index is 5.46. The molecule has 3 N–H and O–H groups in total. The van der Waals surface area contributed by atoms with E-state index < -0.39 is 0 Å². The first-order valence-corrected chi connectivity index (χ1v) is 6.32. The first kappa shape index (κ1) is 11.6. The summed E-state index contributed by atoms with van der Waals surface area (Å²) in [5, 5.41) is 3.15. The summed E-state index contributed by atoms with van der Waals surface area (Å²) < 4.78 is 2.15. The highest BCUT2D eigenvalue weighted by Crippen LogP contribution is 2.26. The summed E-state index contributed by atoms with van der Waals surface area (Å²) in [4.78, 5) is 8.07. The molecular formula is C10H8BrIN4. The summed E-state index contributed by atoms with van der Waals surface area (Å²) in [5.74, 6) is 1.07. The average Bonchev–Trinajstić information content (AvgIpc) is 2.25. The van der Waals surface area contributed by atoms with Crippen LogP contribution in [0.2, 0.25) is 0 Å². The van der Waals surface area contributed by atoms with E-state index in [1.807, 2.05) is 18.2 Å². The van der Waals surface area contributed by atoms with Gasteiger partial charge in [0.05, 0.1) is 18.1 Å². The molecule has 82 valence electrons. The van der Waals surface area contributed by atoms with Gasteiger partial charge in [-0.15, -0.1) is 0 Å². The Bertz CT molecular complexity index is 501. The van der Waals surface area contributed by atoms with Crippen molar-refractivity contribution >= 4 is 55.8 Å². The molecule has 2 aromatic rings. The van der Waals surface area contributed by atoms with Crippen LogP contribution < -0.4 is 11.1 Å². The van der Waals surface area contributed by atoms with Gasteiger partial charge in [0.25, 0.3) is 0 Å². The Morgan fingerprint density at radius 3 is 2.69 bits per heavy atom. The van der Waals surface area contributed by atoms with Crippen LogP contribution in [0.25, 0.3) is 0 Å². The summed E-state index contributed by atoms with van der Waals surface area (Å²) in [6, 6.07) is 6.01. The van der Waals surface area contributed by atoms with E-state index in [0.717, 1.165) is 10.2 Å². The third-order valence-electron chi connectivity index (χ3n) is 1.87. The predicted octanol–water partition coefficient (Wildman–Crippen LogP) is 3.17. The van der Waals surface area contributed by atoms with Gasteiger partial charge in [0.15, 0.2) is 0 Å². The summed E-state index contributed by atoms with van der Waals surface area (Å²) in [7, 11) is 0. The molecule has 0 radical (unpaired) electrons. The van der Waals surface area contributed by atoms with Gasteiger partial charge in [-0.3, -0.25) is 0 Å². The molecule has 0 saturated heterocycles. The molecule has 0 aliphatic heterocycles. The topological polar surface area (TPSA) is 63.8 Å². The number of aromatic nitrogens is 2. The van der Waals surface area contributed by atoms with Gasteiger partial charge in [-0.25, -0.2) is 9.97 Å². The zero-order valence-corrected chi connectivity index (χ0v) is 11.9. The lowest BCUT2D eigenvalue weighted by Crippen LogP contribution is -1.97. The Morgan fingerprint density at radius 1 is 1.25 bits per heavy atom. The molecule has 0 atom stereocenters. The van der Waals surface area contributed by atoms with Gasteiger partial charge in [-0.1, -0.05) is 0 Å². The monoisotopic (exact) mass is 390 g/mol. The van der Waals surface area contributed by atoms with Crippen molar-refractivity contribution in [3.05, 3.63) is 38.6 Å². The van der Waals surface area contributed by atoms with E-state index in [0.29, 0.717) is 11.6 Å². The van der Waals surface area contributed by atoms with E-state index in [1.54, 1.807) is 6.20 Å². The Kier molecular flexibility index (Phi) is 3.59. The number of nitrogens with two attached hydrogens (primary N) is 1. The van der Waals surface area contributed by atoms with Crippen LogP contribution in [0.5, 0.6) is 0 Å². The molecule has 1 heterocycles. The lowest BCUT2D eigenvalue weighted by Gasteiger charge is -2.07. The predicted molar refractivity (Wildman–Crippen MR) is 76.6 cm³/mol. The molecule has 6 heteroatoms. The van der Waals surface area contributed by atoms with Crippen molar-refractivity contribution in [1.29, 1.82) is 0 Å². The van der Waals surface area contributed by atoms with Crippen molar-refractivity contribution in [2.75, 3.05) is 11.1 Å². The summed E-state index contributed by atoms with van der Waals surface area (Å²) in [6.07, 6.45) is 3.11. The number of rotatable bonds is 2. The second kappa shape index (κ2) is 4.96. The number of hydrogen-bond donors (Lipinski definition) is 2. The van der Waals surface area contributed by atoms with Crippen LogP contribution in [-0.2, 0) is 0 Å². The van der Waals surface area contributed by atoms with Gasteiger partial charge in [0.2, 0.25) is 0 Å². The quantitative estimate of drug-likeness (QED) is 0.773. The van der Waals surface area contributed by atoms with Gasteiger partial charge in [0, 0.05) is 8.04 Å². The fourth-order valence-electron chi connectivity index (χ4n) is 1.13. The molecule has 16 heavy (non-hydrogen) atoms. The van der Waals surface area contributed by atoms with E-state index in [4.69, 9.17) is 5.73 Å². The molecule has 0 bridgehead atoms. The van der Waals surface area contributed by atoms with Crippen molar-refractivity contribution in [2.45, 2.75) is 0 Å². The number of halogens is 2. The second-order valence-electron chi connectivity index (χ2n) is 3.08. The molecule has 0 spiro atoms. The van der Waals surface area contributed by atoms with E-state index >= 15 is 0 Å². The van der Waals surface area contributed by atoms with E-state index in [-0.39, 0.29) is 0 Å². The molecule has 2 rings (SSSR count). The number of nitrogen functional groups attached to an aromatic ring is 1. The third kappa shape index (κ3) is 2.82. The maximum absolute atomic E-state index is 5.46. The van der Waals surface area contributed by atoms with E-state index in [9.17, 15) is 0 Å². The molecular weight excluding hydrogens is 383 g/mol. The number of nitrogens with zero attached hydrogens (tertiary/aromatic N) is 2. The van der Waals surface area contributed by atoms with Gasteiger partial charge in [-0.05, 0) is 56.7 Å². The molecule has 0 aliphatic rings. The minimum Gasteiger partial charge on any atom is -0.382 e. The second-order valence-corrected chi connectivity index (χ2v) is 5.18. The van der Waals surface area contributed by atoms with Gasteiger partial charge >= 0.3 is 0 Å². The standard InChI is InChI=1S/C10H8BrIN4/c11-7-3-6(12)1-2-8(7)16-10-5-14-9(13)4-15-10/h1-5H,(H2,13,14)(H,15,16).